The average Bonchev–Trinajstić information content (AvgIpc) is 2.46. The average molecular weight is 284 g/mol. The largest absolute Gasteiger partial charge is 0.484 e. The molecule has 0 aromatic heterocycles. The van der Waals surface area contributed by atoms with E-state index < -0.39 is 5.91 Å². The number of hydrogen-bond donors (Lipinski definition) is 2. The summed E-state index contributed by atoms with van der Waals surface area (Å²) in [6, 6.07) is 14.6. The van der Waals surface area contributed by atoms with Crippen molar-refractivity contribution in [3.8, 4) is 5.75 Å². The normalized spacial score (nSPS) is 13.5. The molecule has 4 heteroatoms. The van der Waals surface area contributed by atoms with Gasteiger partial charge >= 0.3 is 0 Å². The van der Waals surface area contributed by atoms with Crippen LogP contribution in [0.2, 0.25) is 0 Å². The minimum atomic E-state index is -0.454. The molecule has 0 fully saturated rings. The summed E-state index contributed by atoms with van der Waals surface area (Å²) in [7, 11) is 0. The summed E-state index contributed by atoms with van der Waals surface area (Å²) in [6.07, 6.45) is -0.245. The number of carbonyl (C=O) groups excluding carboxylic acids is 1. The van der Waals surface area contributed by atoms with Crippen molar-refractivity contribution in [2.75, 3.05) is 0 Å². The van der Waals surface area contributed by atoms with E-state index in [2.05, 4.69) is 0 Å². The lowest BCUT2D eigenvalue weighted by Crippen LogP contribution is -2.29. The Bertz CT molecular complexity index is 621. The fourth-order valence-electron chi connectivity index (χ4n) is 2.20. The van der Waals surface area contributed by atoms with Crippen LogP contribution >= 0.6 is 0 Å². The summed E-state index contributed by atoms with van der Waals surface area (Å²) in [6.45, 7) is 3.94. The Morgan fingerprint density at radius 2 is 1.71 bits per heavy atom. The predicted molar refractivity (Wildman–Crippen MR) is 83.2 cm³/mol. The van der Waals surface area contributed by atoms with Crippen molar-refractivity contribution in [1.82, 2.24) is 0 Å². The van der Waals surface area contributed by atoms with Crippen molar-refractivity contribution in [1.29, 1.82) is 0 Å². The molecule has 0 heterocycles. The molecule has 0 saturated carbocycles. The van der Waals surface area contributed by atoms with Crippen LogP contribution in [0.15, 0.2) is 48.5 Å². The third-order valence-corrected chi connectivity index (χ3v) is 3.37. The third kappa shape index (κ3) is 3.61. The summed E-state index contributed by atoms with van der Waals surface area (Å²) in [5, 5.41) is 0. The molecule has 0 bridgehead atoms. The molecule has 2 aromatic carbocycles. The minimum absolute atomic E-state index is 0.165. The van der Waals surface area contributed by atoms with Gasteiger partial charge in [0.15, 0.2) is 0 Å². The van der Waals surface area contributed by atoms with E-state index in [1.165, 1.54) is 0 Å². The Balaban J connectivity index is 2.25. The third-order valence-electron chi connectivity index (χ3n) is 3.37. The molecule has 1 amide bonds. The summed E-state index contributed by atoms with van der Waals surface area (Å²) in [4.78, 5) is 11.1. The molecular weight excluding hydrogens is 264 g/mol. The Hall–Kier alpha value is -2.33. The second kappa shape index (κ2) is 6.41. The Morgan fingerprint density at radius 3 is 2.24 bits per heavy atom. The van der Waals surface area contributed by atoms with Gasteiger partial charge < -0.3 is 16.2 Å². The van der Waals surface area contributed by atoms with Gasteiger partial charge in [0.1, 0.15) is 11.9 Å². The Kier molecular flexibility index (Phi) is 4.60. The number of amides is 1. The molecule has 2 atom stereocenters. The second-order valence-corrected chi connectivity index (χ2v) is 5.14. The van der Waals surface area contributed by atoms with Gasteiger partial charge in [0.25, 0.3) is 0 Å². The topological polar surface area (TPSA) is 78.3 Å². The molecule has 0 radical (unpaired) electrons. The maximum Gasteiger partial charge on any atom is 0.248 e. The number of rotatable bonds is 5. The van der Waals surface area contributed by atoms with Crippen molar-refractivity contribution in [2.24, 2.45) is 11.5 Å². The highest BCUT2D eigenvalue weighted by atomic mass is 16.5. The molecule has 21 heavy (non-hydrogen) atoms. The van der Waals surface area contributed by atoms with Crippen LogP contribution in [0.25, 0.3) is 0 Å². The molecule has 2 unspecified atom stereocenters. The molecule has 2 aromatic rings. The first kappa shape index (κ1) is 15.1. The first-order valence-corrected chi connectivity index (χ1v) is 6.86. The Morgan fingerprint density at radius 1 is 1.10 bits per heavy atom. The first-order valence-electron chi connectivity index (χ1n) is 6.86. The molecule has 110 valence electrons. The lowest BCUT2D eigenvalue weighted by atomic mass is 9.99. The van der Waals surface area contributed by atoms with Gasteiger partial charge in [-0.25, -0.2) is 0 Å². The fourth-order valence-corrected chi connectivity index (χ4v) is 2.20. The van der Waals surface area contributed by atoms with E-state index in [9.17, 15) is 4.79 Å². The lowest BCUT2D eigenvalue weighted by Gasteiger charge is -2.24. The van der Waals surface area contributed by atoms with E-state index in [1.54, 1.807) is 24.3 Å². The van der Waals surface area contributed by atoms with Gasteiger partial charge in [0, 0.05) is 11.6 Å². The van der Waals surface area contributed by atoms with Gasteiger partial charge in [-0.05, 0) is 49.2 Å². The summed E-state index contributed by atoms with van der Waals surface area (Å²) >= 11 is 0. The zero-order valence-corrected chi connectivity index (χ0v) is 12.2. The van der Waals surface area contributed by atoms with Crippen molar-refractivity contribution >= 4 is 5.91 Å². The SMILES string of the molecule is Cc1ccccc1C(Oc1ccc(C(N)=O)cc1)C(C)N. The number of hydrogen-bond acceptors (Lipinski definition) is 3. The molecular formula is C17H20N2O2. The van der Waals surface area contributed by atoms with Crippen molar-refractivity contribution < 1.29 is 9.53 Å². The number of benzene rings is 2. The second-order valence-electron chi connectivity index (χ2n) is 5.14. The van der Waals surface area contributed by atoms with Crippen LogP contribution in [0, 0.1) is 6.92 Å². The van der Waals surface area contributed by atoms with Crippen LogP contribution in [0.1, 0.15) is 34.5 Å². The quantitative estimate of drug-likeness (QED) is 0.885. The monoisotopic (exact) mass is 284 g/mol. The molecule has 4 nitrogen and oxygen atoms in total. The number of ether oxygens (including phenoxy) is 1. The van der Waals surface area contributed by atoms with Crippen LogP contribution < -0.4 is 16.2 Å². The van der Waals surface area contributed by atoms with E-state index in [-0.39, 0.29) is 12.1 Å². The maximum absolute atomic E-state index is 11.1. The van der Waals surface area contributed by atoms with E-state index in [4.69, 9.17) is 16.2 Å². The zero-order valence-electron chi connectivity index (χ0n) is 12.2. The van der Waals surface area contributed by atoms with Gasteiger partial charge in [-0.3, -0.25) is 4.79 Å². The number of primary amides is 1. The van der Waals surface area contributed by atoms with E-state index in [0.717, 1.165) is 11.1 Å². The van der Waals surface area contributed by atoms with Crippen LogP contribution in [-0.2, 0) is 0 Å². The van der Waals surface area contributed by atoms with Gasteiger partial charge in [-0.15, -0.1) is 0 Å². The molecule has 2 rings (SSSR count). The standard InChI is InChI=1S/C17H20N2O2/c1-11-5-3-4-6-15(11)16(12(2)18)21-14-9-7-13(8-10-14)17(19)20/h3-10,12,16H,18H2,1-2H3,(H2,19,20). The van der Waals surface area contributed by atoms with E-state index in [1.807, 2.05) is 38.1 Å². The summed E-state index contributed by atoms with van der Waals surface area (Å²) in [5.41, 5.74) is 13.9. The van der Waals surface area contributed by atoms with Crippen LogP contribution in [0.5, 0.6) is 5.75 Å². The maximum atomic E-state index is 11.1. The predicted octanol–water partition coefficient (Wildman–Crippen LogP) is 2.56. The van der Waals surface area contributed by atoms with Gasteiger partial charge in [-0.2, -0.15) is 0 Å². The first-order chi connectivity index (χ1) is 9.99. The van der Waals surface area contributed by atoms with Gasteiger partial charge in [-0.1, -0.05) is 24.3 Å². The van der Waals surface area contributed by atoms with Crippen molar-refractivity contribution in [3.05, 3.63) is 65.2 Å². The minimum Gasteiger partial charge on any atom is -0.484 e. The van der Waals surface area contributed by atoms with Crippen LogP contribution in [0.3, 0.4) is 0 Å². The van der Waals surface area contributed by atoms with E-state index >= 15 is 0 Å². The molecule has 0 aliphatic carbocycles. The number of aryl methyl sites for hydroxylation is 1. The molecule has 0 aliphatic rings. The van der Waals surface area contributed by atoms with E-state index in [0.29, 0.717) is 11.3 Å². The molecule has 4 N–H and O–H groups in total. The highest BCUT2D eigenvalue weighted by molar-refractivity contribution is 5.92. The number of nitrogens with two attached hydrogens (primary N) is 2. The molecule has 0 saturated heterocycles. The lowest BCUT2D eigenvalue weighted by molar-refractivity contribution is 0.1000. The molecule has 0 spiro atoms. The van der Waals surface area contributed by atoms with Crippen molar-refractivity contribution in [2.45, 2.75) is 26.0 Å². The zero-order chi connectivity index (χ0) is 15.4. The Labute approximate surface area is 124 Å². The smallest absolute Gasteiger partial charge is 0.248 e. The molecule has 0 aliphatic heterocycles. The van der Waals surface area contributed by atoms with Crippen molar-refractivity contribution in [3.63, 3.8) is 0 Å². The highest BCUT2D eigenvalue weighted by Gasteiger charge is 2.20. The van der Waals surface area contributed by atoms with Crippen LogP contribution in [-0.4, -0.2) is 11.9 Å². The fraction of sp³-hybridized carbons (Fsp3) is 0.235. The number of carbonyl (C=O) groups is 1. The van der Waals surface area contributed by atoms with Gasteiger partial charge in [0.2, 0.25) is 5.91 Å². The highest BCUT2D eigenvalue weighted by Crippen LogP contribution is 2.26. The van der Waals surface area contributed by atoms with Crippen LogP contribution in [0.4, 0.5) is 0 Å². The van der Waals surface area contributed by atoms with Gasteiger partial charge in [0.05, 0.1) is 0 Å². The summed E-state index contributed by atoms with van der Waals surface area (Å²) in [5.74, 6) is 0.203. The summed E-state index contributed by atoms with van der Waals surface area (Å²) < 4.78 is 6.00.